The van der Waals surface area contributed by atoms with Crippen LogP contribution >= 0.6 is 11.8 Å². The topological polar surface area (TPSA) is 79.6 Å². The molecule has 1 aliphatic heterocycles. The first-order valence-electron chi connectivity index (χ1n) is 7.85. The van der Waals surface area contributed by atoms with E-state index < -0.39 is 17.1 Å². The van der Waals surface area contributed by atoms with Crippen LogP contribution in [0.1, 0.15) is 11.3 Å². The molecule has 1 aromatic heterocycles. The highest BCUT2D eigenvalue weighted by Gasteiger charge is 2.35. The molecule has 3 rings (SSSR count). The fourth-order valence-corrected chi connectivity index (χ4v) is 3.04. The molecule has 1 aromatic carbocycles. The maximum atomic E-state index is 12.3. The van der Waals surface area contributed by atoms with Crippen molar-refractivity contribution in [3.05, 3.63) is 71.0 Å². The minimum absolute atomic E-state index is 0.265. The summed E-state index contributed by atoms with van der Waals surface area (Å²) in [6.07, 6.45) is 6.38. The summed E-state index contributed by atoms with van der Waals surface area (Å²) in [5, 5.41) is 2.21. The van der Waals surface area contributed by atoms with Crippen molar-refractivity contribution in [2.45, 2.75) is 6.92 Å². The molecule has 1 aliphatic rings. The van der Waals surface area contributed by atoms with Crippen molar-refractivity contribution in [3.63, 3.8) is 0 Å². The number of benzene rings is 1. The van der Waals surface area contributed by atoms with Gasteiger partial charge in [0.2, 0.25) is 5.91 Å². The Morgan fingerprint density at radius 1 is 1.23 bits per heavy atom. The molecule has 0 bridgehead atoms. The number of nitrogens with zero attached hydrogens (tertiary/aromatic N) is 1. The molecule has 0 aliphatic carbocycles. The second-order valence-corrected chi connectivity index (χ2v) is 6.57. The molecule has 0 saturated carbocycles. The number of furan rings is 1. The molecule has 3 amide bonds. The van der Waals surface area contributed by atoms with Gasteiger partial charge in [-0.2, -0.15) is 0 Å². The third-order valence-electron chi connectivity index (χ3n) is 3.56. The number of nitrogens with one attached hydrogen (secondary N) is 1. The number of allylic oxidation sites excluding steroid dienone is 2. The summed E-state index contributed by atoms with van der Waals surface area (Å²) < 4.78 is 5.15. The van der Waals surface area contributed by atoms with Crippen LogP contribution in [0.3, 0.4) is 0 Å². The predicted molar refractivity (Wildman–Crippen MR) is 100 cm³/mol. The Bertz CT molecular complexity index is 883. The molecule has 1 saturated heterocycles. The van der Waals surface area contributed by atoms with Crippen molar-refractivity contribution < 1.29 is 18.8 Å². The van der Waals surface area contributed by atoms with E-state index >= 15 is 0 Å². The molecule has 6 nitrogen and oxygen atoms in total. The summed E-state index contributed by atoms with van der Waals surface area (Å²) >= 11 is 0.806. The van der Waals surface area contributed by atoms with Gasteiger partial charge in [-0.25, -0.2) is 0 Å². The summed E-state index contributed by atoms with van der Waals surface area (Å²) in [5.41, 5.74) is 1.69. The molecular formula is C19H16N2O4S. The minimum Gasteiger partial charge on any atom is -0.465 e. The maximum Gasteiger partial charge on any atom is 0.294 e. The monoisotopic (exact) mass is 368 g/mol. The van der Waals surface area contributed by atoms with Crippen LogP contribution in [0.5, 0.6) is 0 Å². The number of anilines is 1. The number of thioether (sulfide) groups is 1. The number of hydrogen-bond acceptors (Lipinski definition) is 5. The van der Waals surface area contributed by atoms with Crippen LogP contribution < -0.4 is 5.32 Å². The van der Waals surface area contributed by atoms with Gasteiger partial charge in [0.15, 0.2) is 0 Å². The van der Waals surface area contributed by atoms with Crippen LogP contribution in [0, 0.1) is 6.92 Å². The van der Waals surface area contributed by atoms with Gasteiger partial charge in [-0.05, 0) is 55.1 Å². The number of imide groups is 1. The number of hydrogen-bond donors (Lipinski definition) is 1. The molecule has 0 radical (unpaired) electrons. The van der Waals surface area contributed by atoms with Gasteiger partial charge in [0.05, 0.1) is 11.2 Å². The van der Waals surface area contributed by atoms with Crippen molar-refractivity contribution in [3.8, 4) is 0 Å². The van der Waals surface area contributed by atoms with Crippen LogP contribution in [0.25, 0.3) is 6.08 Å². The Hall–Kier alpha value is -3.06. The quantitative estimate of drug-likeness (QED) is 0.812. The fourth-order valence-electron chi connectivity index (χ4n) is 2.25. The van der Waals surface area contributed by atoms with E-state index in [2.05, 4.69) is 5.32 Å². The zero-order chi connectivity index (χ0) is 18.5. The standard InChI is InChI=1S/C19H16N2O4S/c1-13-7-9-14(10-8-13)20-17(22)12-21-18(23)16(26-19(21)24)6-2-4-15-5-3-11-25-15/h2-11H,12H2,1H3,(H,20,22)/b4-2+,16-6-. The molecule has 0 spiro atoms. The Morgan fingerprint density at radius 2 is 2.00 bits per heavy atom. The maximum absolute atomic E-state index is 12.3. The zero-order valence-corrected chi connectivity index (χ0v) is 14.8. The average molecular weight is 368 g/mol. The Labute approximate surface area is 154 Å². The van der Waals surface area contributed by atoms with Gasteiger partial charge in [0.25, 0.3) is 11.1 Å². The van der Waals surface area contributed by atoms with E-state index in [1.807, 2.05) is 19.1 Å². The van der Waals surface area contributed by atoms with Gasteiger partial charge in [-0.1, -0.05) is 23.8 Å². The number of aryl methyl sites for hydroxylation is 1. The Morgan fingerprint density at radius 3 is 2.69 bits per heavy atom. The molecule has 0 unspecified atom stereocenters. The largest absolute Gasteiger partial charge is 0.465 e. The summed E-state index contributed by atoms with van der Waals surface area (Å²) in [5.74, 6) is -0.273. The molecule has 26 heavy (non-hydrogen) atoms. The first-order valence-corrected chi connectivity index (χ1v) is 8.66. The van der Waals surface area contributed by atoms with E-state index in [0.717, 1.165) is 22.2 Å². The third-order valence-corrected chi connectivity index (χ3v) is 4.49. The lowest BCUT2D eigenvalue weighted by molar-refractivity contribution is -0.127. The molecule has 2 heterocycles. The molecule has 1 fully saturated rings. The van der Waals surface area contributed by atoms with Crippen molar-refractivity contribution in [1.29, 1.82) is 0 Å². The molecule has 0 atom stereocenters. The van der Waals surface area contributed by atoms with Gasteiger partial charge in [0, 0.05) is 5.69 Å². The van der Waals surface area contributed by atoms with Gasteiger partial charge in [-0.15, -0.1) is 0 Å². The first-order chi connectivity index (χ1) is 12.5. The minimum atomic E-state index is -0.483. The normalized spacial score (nSPS) is 16.0. The summed E-state index contributed by atoms with van der Waals surface area (Å²) in [6.45, 7) is 1.62. The summed E-state index contributed by atoms with van der Waals surface area (Å²) in [6, 6.07) is 10.8. The van der Waals surface area contributed by atoms with Gasteiger partial charge in [-0.3, -0.25) is 19.3 Å². The fraction of sp³-hybridized carbons (Fsp3) is 0.105. The average Bonchev–Trinajstić information content (AvgIpc) is 3.21. The summed E-state index contributed by atoms with van der Waals surface area (Å²) in [7, 11) is 0. The highest BCUT2D eigenvalue weighted by Crippen LogP contribution is 2.30. The number of carbonyl (C=O) groups is 3. The van der Waals surface area contributed by atoms with E-state index in [1.165, 1.54) is 6.08 Å². The molecule has 2 aromatic rings. The number of rotatable bonds is 5. The second kappa shape index (κ2) is 7.88. The lowest BCUT2D eigenvalue weighted by atomic mass is 10.2. The van der Waals surface area contributed by atoms with Crippen LogP contribution in [0.15, 0.2) is 64.1 Å². The van der Waals surface area contributed by atoms with E-state index in [1.54, 1.807) is 42.7 Å². The Balaban J connectivity index is 1.61. The first kappa shape index (κ1) is 17.8. The highest BCUT2D eigenvalue weighted by atomic mass is 32.2. The number of amides is 3. The smallest absolute Gasteiger partial charge is 0.294 e. The number of carbonyl (C=O) groups excluding carboxylic acids is 3. The van der Waals surface area contributed by atoms with Gasteiger partial charge < -0.3 is 9.73 Å². The molecule has 7 heteroatoms. The van der Waals surface area contributed by atoms with Crippen molar-refractivity contribution >= 4 is 40.6 Å². The molecular weight excluding hydrogens is 352 g/mol. The Kier molecular flexibility index (Phi) is 5.38. The van der Waals surface area contributed by atoms with Crippen LogP contribution in [0.4, 0.5) is 10.5 Å². The molecule has 1 N–H and O–H groups in total. The lowest BCUT2D eigenvalue weighted by Gasteiger charge is -2.12. The second-order valence-electron chi connectivity index (χ2n) is 5.58. The highest BCUT2D eigenvalue weighted by molar-refractivity contribution is 8.18. The molecule has 132 valence electrons. The van der Waals surface area contributed by atoms with Gasteiger partial charge >= 0.3 is 0 Å². The summed E-state index contributed by atoms with van der Waals surface area (Å²) in [4.78, 5) is 37.6. The van der Waals surface area contributed by atoms with Gasteiger partial charge in [0.1, 0.15) is 12.3 Å². The van der Waals surface area contributed by atoms with Crippen LogP contribution in [0.2, 0.25) is 0 Å². The van der Waals surface area contributed by atoms with Crippen molar-refractivity contribution in [2.24, 2.45) is 0 Å². The zero-order valence-electron chi connectivity index (χ0n) is 14.0. The van der Waals surface area contributed by atoms with Crippen molar-refractivity contribution in [2.75, 3.05) is 11.9 Å². The lowest BCUT2D eigenvalue weighted by Crippen LogP contribution is -2.36. The van der Waals surface area contributed by atoms with E-state index in [-0.39, 0.29) is 11.4 Å². The van der Waals surface area contributed by atoms with E-state index in [0.29, 0.717) is 11.4 Å². The SMILES string of the molecule is Cc1ccc(NC(=O)CN2C(=O)S/C(=C\C=C\c3ccco3)C2=O)cc1. The predicted octanol–water partition coefficient (Wildman–Crippen LogP) is 3.82. The van der Waals surface area contributed by atoms with Crippen molar-refractivity contribution in [1.82, 2.24) is 4.90 Å². The van der Waals surface area contributed by atoms with E-state index in [4.69, 9.17) is 4.42 Å². The third kappa shape index (κ3) is 4.31. The van der Waals surface area contributed by atoms with Crippen LogP contribution in [-0.2, 0) is 9.59 Å². The van der Waals surface area contributed by atoms with Crippen LogP contribution in [-0.4, -0.2) is 28.5 Å². The van der Waals surface area contributed by atoms with E-state index in [9.17, 15) is 14.4 Å².